The fourth-order valence-electron chi connectivity index (χ4n) is 2.72. The van der Waals surface area contributed by atoms with Crippen LogP contribution in [0.4, 0.5) is 24.5 Å². The van der Waals surface area contributed by atoms with Gasteiger partial charge in [0.2, 0.25) is 0 Å². The van der Waals surface area contributed by atoms with Gasteiger partial charge in [0.15, 0.2) is 24.1 Å². The Morgan fingerprint density at radius 1 is 0.971 bits per heavy atom. The summed E-state index contributed by atoms with van der Waals surface area (Å²) < 4.78 is 78.1. The molecule has 180 valence electrons. The number of benzene rings is 3. The van der Waals surface area contributed by atoms with Crippen LogP contribution in [-0.2, 0) is 14.8 Å². The van der Waals surface area contributed by atoms with E-state index < -0.39 is 45.7 Å². The van der Waals surface area contributed by atoms with E-state index in [2.05, 4.69) is 4.72 Å². The van der Waals surface area contributed by atoms with E-state index in [0.717, 1.165) is 12.1 Å². The lowest BCUT2D eigenvalue weighted by Gasteiger charge is -2.12. The zero-order chi connectivity index (χ0) is 24.9. The molecule has 0 aromatic heterocycles. The normalized spacial score (nSPS) is 11.1. The maximum Gasteiger partial charge on any atom is 0.262 e. The first-order chi connectivity index (χ1) is 16.1. The fraction of sp³-hybridized carbons (Fsp3) is 0.136. The molecule has 0 aliphatic heterocycles. The van der Waals surface area contributed by atoms with Crippen LogP contribution < -0.4 is 19.5 Å². The zero-order valence-corrected chi connectivity index (χ0v) is 19.1. The number of halogens is 4. The molecule has 0 saturated heterocycles. The highest BCUT2D eigenvalue weighted by atomic mass is 35.5. The van der Waals surface area contributed by atoms with E-state index >= 15 is 0 Å². The van der Waals surface area contributed by atoms with Gasteiger partial charge in [0.05, 0.1) is 22.2 Å². The summed E-state index contributed by atoms with van der Waals surface area (Å²) in [7, 11) is -3.98. The van der Waals surface area contributed by atoms with Crippen molar-refractivity contribution < 1.29 is 35.9 Å². The quantitative estimate of drug-likeness (QED) is 0.393. The van der Waals surface area contributed by atoms with Crippen molar-refractivity contribution in [1.29, 1.82) is 0 Å². The topological polar surface area (TPSA) is 93.7 Å². The number of amides is 1. The summed E-state index contributed by atoms with van der Waals surface area (Å²) in [6.45, 7) is 1.64. The van der Waals surface area contributed by atoms with Gasteiger partial charge in [-0.3, -0.25) is 9.52 Å². The summed E-state index contributed by atoms with van der Waals surface area (Å²) in [6, 6.07) is 11.4. The average molecular weight is 515 g/mol. The summed E-state index contributed by atoms with van der Waals surface area (Å²) >= 11 is 6.08. The van der Waals surface area contributed by atoms with Crippen LogP contribution in [-0.4, -0.2) is 27.5 Å². The van der Waals surface area contributed by atoms with Crippen molar-refractivity contribution in [2.24, 2.45) is 0 Å². The number of nitrogens with one attached hydrogen (secondary N) is 2. The van der Waals surface area contributed by atoms with Crippen molar-refractivity contribution in [3.8, 4) is 11.5 Å². The smallest absolute Gasteiger partial charge is 0.262 e. The minimum atomic E-state index is -3.98. The SMILES string of the molecule is CCOc1ccc(NS(=O)(=O)c2ccc(OCC(=O)Nc3ccc(F)c(F)c3F)c(Cl)c2)cc1. The van der Waals surface area contributed by atoms with Crippen LogP contribution in [0.5, 0.6) is 11.5 Å². The third kappa shape index (κ3) is 6.12. The Morgan fingerprint density at radius 2 is 1.68 bits per heavy atom. The second kappa shape index (κ2) is 10.7. The van der Waals surface area contributed by atoms with Crippen molar-refractivity contribution in [1.82, 2.24) is 0 Å². The van der Waals surface area contributed by atoms with Gasteiger partial charge in [-0.2, -0.15) is 0 Å². The van der Waals surface area contributed by atoms with Crippen LogP contribution >= 0.6 is 11.6 Å². The van der Waals surface area contributed by atoms with E-state index in [-0.39, 0.29) is 15.7 Å². The molecule has 12 heteroatoms. The Morgan fingerprint density at radius 3 is 2.32 bits per heavy atom. The van der Waals surface area contributed by atoms with Crippen LogP contribution in [0.3, 0.4) is 0 Å². The summed E-state index contributed by atoms with van der Waals surface area (Å²) in [4.78, 5) is 11.8. The Balaban J connectivity index is 1.64. The van der Waals surface area contributed by atoms with Crippen LogP contribution in [0.2, 0.25) is 5.02 Å². The predicted octanol–water partition coefficient (Wildman–Crippen LogP) is 4.97. The number of carbonyl (C=O) groups is 1. The van der Waals surface area contributed by atoms with Crippen molar-refractivity contribution >= 4 is 38.9 Å². The van der Waals surface area contributed by atoms with Gasteiger partial charge in [-0.25, -0.2) is 21.6 Å². The number of carbonyl (C=O) groups excluding carboxylic acids is 1. The molecule has 0 saturated carbocycles. The van der Waals surface area contributed by atoms with Crippen LogP contribution in [0, 0.1) is 17.5 Å². The minimum absolute atomic E-state index is 0.0254. The summed E-state index contributed by atoms with van der Waals surface area (Å²) in [5.41, 5.74) is -0.263. The van der Waals surface area contributed by atoms with Gasteiger partial charge in [-0.1, -0.05) is 11.6 Å². The first kappa shape index (κ1) is 25.2. The van der Waals surface area contributed by atoms with Crippen molar-refractivity contribution in [2.45, 2.75) is 11.8 Å². The second-order valence-corrected chi connectivity index (χ2v) is 8.80. The summed E-state index contributed by atoms with van der Waals surface area (Å²) in [6.07, 6.45) is 0. The molecule has 0 aliphatic carbocycles. The summed E-state index contributed by atoms with van der Waals surface area (Å²) in [5, 5.41) is 1.93. The lowest BCUT2D eigenvalue weighted by molar-refractivity contribution is -0.118. The largest absolute Gasteiger partial charge is 0.494 e. The number of sulfonamides is 1. The highest BCUT2D eigenvalue weighted by Gasteiger charge is 2.18. The molecule has 7 nitrogen and oxygen atoms in total. The van der Waals surface area contributed by atoms with Gasteiger partial charge in [-0.15, -0.1) is 0 Å². The highest BCUT2D eigenvalue weighted by Crippen LogP contribution is 2.29. The number of hydrogen-bond acceptors (Lipinski definition) is 5. The lowest BCUT2D eigenvalue weighted by Crippen LogP contribution is -2.21. The monoisotopic (exact) mass is 514 g/mol. The molecular formula is C22H18ClF3N2O5S. The zero-order valence-electron chi connectivity index (χ0n) is 17.6. The average Bonchev–Trinajstić information content (AvgIpc) is 2.80. The fourth-order valence-corrected chi connectivity index (χ4v) is 4.10. The third-order valence-electron chi connectivity index (χ3n) is 4.30. The molecule has 3 aromatic rings. The van der Waals surface area contributed by atoms with E-state index in [1.165, 1.54) is 24.3 Å². The third-order valence-corrected chi connectivity index (χ3v) is 5.97. The minimum Gasteiger partial charge on any atom is -0.494 e. The Hall–Kier alpha value is -3.44. The molecule has 3 aromatic carbocycles. The first-order valence-corrected chi connectivity index (χ1v) is 11.6. The van der Waals surface area contributed by atoms with Crippen molar-refractivity contribution in [3.63, 3.8) is 0 Å². The predicted molar refractivity (Wildman–Crippen MR) is 120 cm³/mol. The lowest BCUT2D eigenvalue weighted by atomic mass is 10.3. The molecular weight excluding hydrogens is 497 g/mol. The molecule has 0 unspecified atom stereocenters. The molecule has 0 bridgehead atoms. The van der Waals surface area contributed by atoms with Crippen LogP contribution in [0.25, 0.3) is 0 Å². The first-order valence-electron chi connectivity index (χ1n) is 9.72. The number of ether oxygens (including phenoxy) is 2. The molecule has 1 amide bonds. The maximum absolute atomic E-state index is 13.7. The van der Waals surface area contributed by atoms with Crippen molar-refractivity contribution in [2.75, 3.05) is 23.3 Å². The van der Waals surface area contributed by atoms with Crippen LogP contribution in [0.1, 0.15) is 6.92 Å². The van der Waals surface area contributed by atoms with Gasteiger partial charge < -0.3 is 14.8 Å². The molecule has 2 N–H and O–H groups in total. The number of hydrogen-bond donors (Lipinski definition) is 2. The molecule has 0 spiro atoms. The van der Waals surface area contributed by atoms with Gasteiger partial charge in [0, 0.05) is 5.69 Å². The van der Waals surface area contributed by atoms with Crippen LogP contribution in [0.15, 0.2) is 59.5 Å². The molecule has 0 atom stereocenters. The summed E-state index contributed by atoms with van der Waals surface area (Å²) in [5.74, 6) is -4.99. The van der Waals surface area contributed by atoms with E-state index in [1.807, 2.05) is 12.2 Å². The molecule has 0 radical (unpaired) electrons. The number of anilines is 2. The maximum atomic E-state index is 13.7. The number of rotatable bonds is 9. The van der Waals surface area contributed by atoms with E-state index in [1.54, 1.807) is 12.1 Å². The molecule has 34 heavy (non-hydrogen) atoms. The second-order valence-electron chi connectivity index (χ2n) is 6.71. The van der Waals surface area contributed by atoms with E-state index in [9.17, 15) is 26.4 Å². The molecule has 3 rings (SSSR count). The Labute approximate surface area is 198 Å². The molecule has 0 aliphatic rings. The van der Waals surface area contributed by atoms with Crippen molar-refractivity contribution in [3.05, 3.63) is 77.1 Å². The Kier molecular flexibility index (Phi) is 7.90. The Bertz CT molecular complexity index is 1300. The van der Waals surface area contributed by atoms with E-state index in [0.29, 0.717) is 24.1 Å². The van der Waals surface area contributed by atoms with Gasteiger partial charge >= 0.3 is 0 Å². The van der Waals surface area contributed by atoms with Gasteiger partial charge in [0.25, 0.3) is 15.9 Å². The van der Waals surface area contributed by atoms with Gasteiger partial charge in [0.1, 0.15) is 11.5 Å². The highest BCUT2D eigenvalue weighted by molar-refractivity contribution is 7.92. The standard InChI is InChI=1S/C22H18ClF3N2O5S/c1-2-32-14-5-3-13(4-6-14)28-34(30,31)15-7-10-19(16(23)11-15)33-12-20(29)27-18-9-8-17(24)21(25)22(18)26/h3-11,28H,2,12H2,1H3,(H,27,29). The molecule has 0 heterocycles. The molecule has 0 fully saturated rings. The van der Waals surface area contributed by atoms with E-state index in [4.69, 9.17) is 21.1 Å². The van der Waals surface area contributed by atoms with Gasteiger partial charge in [-0.05, 0) is 61.5 Å².